The van der Waals surface area contributed by atoms with Gasteiger partial charge in [-0.15, -0.1) is 0 Å². The molecule has 10 heteroatoms. The molecule has 4 aromatic rings. The molecular formula is C35H34FNO8. The predicted molar refractivity (Wildman–Crippen MR) is 163 cm³/mol. The van der Waals surface area contributed by atoms with Gasteiger partial charge in [-0.3, -0.25) is 4.79 Å². The summed E-state index contributed by atoms with van der Waals surface area (Å²) in [4.78, 5) is 15.0. The van der Waals surface area contributed by atoms with E-state index in [2.05, 4.69) is 0 Å². The molecule has 6 rings (SSSR count). The third kappa shape index (κ3) is 6.15. The molecule has 234 valence electrons. The van der Waals surface area contributed by atoms with Gasteiger partial charge in [-0.2, -0.15) is 0 Å². The van der Waals surface area contributed by atoms with Gasteiger partial charge in [0.1, 0.15) is 42.2 Å². The molecule has 9 nitrogen and oxygen atoms in total. The Labute approximate surface area is 259 Å². The minimum atomic E-state index is -1.21. The van der Waals surface area contributed by atoms with Gasteiger partial charge in [0.2, 0.25) is 5.91 Å². The van der Waals surface area contributed by atoms with Gasteiger partial charge >= 0.3 is 0 Å². The van der Waals surface area contributed by atoms with E-state index >= 15 is 0 Å². The van der Waals surface area contributed by atoms with Gasteiger partial charge in [-0.1, -0.05) is 54.6 Å². The van der Waals surface area contributed by atoms with Crippen LogP contribution in [0, 0.1) is 11.7 Å². The molecule has 1 amide bonds. The number of hydrogen-bond acceptors (Lipinski definition) is 8. The molecule has 7 unspecified atom stereocenters. The summed E-state index contributed by atoms with van der Waals surface area (Å²) < 4.78 is 24.7. The highest BCUT2D eigenvalue weighted by Crippen LogP contribution is 2.48. The van der Waals surface area contributed by atoms with E-state index in [1.807, 2.05) is 12.1 Å². The predicted octanol–water partition coefficient (Wildman–Crippen LogP) is 3.89. The lowest BCUT2D eigenvalue weighted by Gasteiger charge is -2.49. The third-order valence-corrected chi connectivity index (χ3v) is 8.50. The Hall–Kier alpha value is -4.32. The first-order valence-electron chi connectivity index (χ1n) is 14.8. The van der Waals surface area contributed by atoms with E-state index in [9.17, 15) is 34.7 Å². The van der Waals surface area contributed by atoms with Crippen molar-refractivity contribution in [3.8, 4) is 22.6 Å². The largest absolute Gasteiger partial charge is 0.508 e. The number of phenols is 1. The fraction of sp³-hybridized carbons (Fsp3) is 0.286. The lowest BCUT2D eigenvalue weighted by atomic mass is 9.77. The first-order valence-corrected chi connectivity index (χ1v) is 14.8. The average Bonchev–Trinajstić information content (AvgIpc) is 3.05. The topological polar surface area (TPSA) is 140 Å². The van der Waals surface area contributed by atoms with Crippen LogP contribution in [0.5, 0.6) is 11.5 Å². The Morgan fingerprint density at radius 3 is 2.29 bits per heavy atom. The molecule has 0 radical (unpaired) electrons. The Kier molecular flexibility index (Phi) is 8.84. The van der Waals surface area contributed by atoms with Gasteiger partial charge in [0.25, 0.3) is 0 Å². The molecule has 7 atom stereocenters. The van der Waals surface area contributed by atoms with Crippen LogP contribution in [0.4, 0.5) is 10.1 Å². The van der Waals surface area contributed by atoms with Gasteiger partial charge in [-0.05, 0) is 59.2 Å². The lowest BCUT2D eigenvalue weighted by Crippen LogP contribution is -2.60. The van der Waals surface area contributed by atoms with Crippen molar-refractivity contribution >= 4 is 11.6 Å². The summed E-state index contributed by atoms with van der Waals surface area (Å²) in [5.41, 5.74) is 3.16. The number of β-lactam (4-membered cyclic amide) rings is 1. The van der Waals surface area contributed by atoms with Crippen LogP contribution in [-0.4, -0.2) is 69.1 Å². The van der Waals surface area contributed by atoms with Gasteiger partial charge < -0.3 is 39.9 Å². The zero-order valence-corrected chi connectivity index (χ0v) is 24.2. The van der Waals surface area contributed by atoms with Gasteiger partial charge in [-0.25, -0.2) is 4.39 Å². The Bertz CT molecular complexity index is 1620. The standard InChI is InChI=1S/C35H34FNO8/c36-23-11-13-25(14-12-23)44-19-30(41)31-32(37(35(31)43)24-4-2-1-3-5-24)27-15-10-22(16-28(27)39)20-6-8-21(9-7-20)34-33(42)29(40)17-26(18-38)45-34/h1-16,26,29-34,38-42H,17-19H2. The smallest absolute Gasteiger partial charge is 0.235 e. The molecule has 2 heterocycles. The molecule has 2 aliphatic rings. The van der Waals surface area contributed by atoms with E-state index in [-0.39, 0.29) is 31.3 Å². The molecule has 0 aromatic heterocycles. The van der Waals surface area contributed by atoms with E-state index in [1.165, 1.54) is 24.3 Å². The zero-order chi connectivity index (χ0) is 31.7. The molecule has 2 saturated heterocycles. The number of anilines is 1. The molecule has 2 fully saturated rings. The number of halogens is 1. The van der Waals surface area contributed by atoms with Crippen LogP contribution in [0.3, 0.4) is 0 Å². The number of nitrogens with zero attached hydrogens (tertiary/aromatic N) is 1. The number of aliphatic hydroxyl groups is 4. The monoisotopic (exact) mass is 615 g/mol. The number of carbonyl (C=O) groups is 1. The molecule has 5 N–H and O–H groups in total. The number of phenolic OH excluding ortho intramolecular Hbond substituents is 1. The van der Waals surface area contributed by atoms with Crippen LogP contribution in [0.25, 0.3) is 11.1 Å². The van der Waals surface area contributed by atoms with Gasteiger partial charge in [0.05, 0.1) is 30.8 Å². The first kappa shape index (κ1) is 30.7. The first-order chi connectivity index (χ1) is 21.7. The zero-order valence-electron chi connectivity index (χ0n) is 24.2. The van der Waals surface area contributed by atoms with Gasteiger partial charge in [0, 0.05) is 17.7 Å². The van der Waals surface area contributed by atoms with Crippen molar-refractivity contribution in [1.82, 2.24) is 0 Å². The number of hydrogen-bond donors (Lipinski definition) is 5. The maximum atomic E-state index is 13.4. The van der Waals surface area contributed by atoms with E-state index in [4.69, 9.17) is 9.47 Å². The van der Waals surface area contributed by atoms with E-state index in [0.29, 0.717) is 28.1 Å². The van der Waals surface area contributed by atoms with Crippen LogP contribution in [-0.2, 0) is 9.53 Å². The highest BCUT2D eigenvalue weighted by Gasteiger charge is 2.53. The summed E-state index contributed by atoms with van der Waals surface area (Å²) in [5, 5.41) is 52.5. The van der Waals surface area contributed by atoms with Crippen molar-refractivity contribution in [3.63, 3.8) is 0 Å². The fourth-order valence-corrected chi connectivity index (χ4v) is 6.10. The molecular weight excluding hydrogens is 581 g/mol. The van der Waals surface area contributed by atoms with E-state index in [1.54, 1.807) is 65.6 Å². The van der Waals surface area contributed by atoms with Crippen molar-refractivity contribution < 1.29 is 44.2 Å². The number of aromatic hydroxyl groups is 1. The maximum absolute atomic E-state index is 13.4. The molecule has 2 aliphatic heterocycles. The number of para-hydroxylation sites is 1. The summed E-state index contributed by atoms with van der Waals surface area (Å²) in [7, 11) is 0. The second kappa shape index (κ2) is 13.0. The minimum absolute atomic E-state index is 0.0633. The van der Waals surface area contributed by atoms with Crippen molar-refractivity contribution in [1.29, 1.82) is 0 Å². The SMILES string of the molecule is O=C1C(C(O)COc2ccc(F)cc2)C(c2ccc(-c3ccc(C4OC(CO)CC(O)C4O)cc3)cc2O)N1c1ccccc1. The van der Waals surface area contributed by atoms with E-state index in [0.717, 1.165) is 5.56 Å². The van der Waals surface area contributed by atoms with Crippen LogP contribution in [0.2, 0.25) is 0 Å². The number of rotatable bonds is 9. The van der Waals surface area contributed by atoms with Crippen LogP contribution < -0.4 is 9.64 Å². The van der Waals surface area contributed by atoms with Crippen LogP contribution in [0.15, 0.2) is 97.1 Å². The summed E-state index contributed by atoms with van der Waals surface area (Å²) in [6, 6.07) is 25.9. The fourth-order valence-electron chi connectivity index (χ4n) is 6.10. The highest BCUT2D eigenvalue weighted by molar-refractivity contribution is 6.04. The second-order valence-electron chi connectivity index (χ2n) is 11.4. The number of carbonyl (C=O) groups excluding carboxylic acids is 1. The number of aliphatic hydroxyl groups excluding tert-OH is 4. The molecule has 0 aliphatic carbocycles. The third-order valence-electron chi connectivity index (χ3n) is 8.50. The number of ether oxygens (including phenoxy) is 2. The van der Waals surface area contributed by atoms with Gasteiger partial charge in [0.15, 0.2) is 0 Å². The molecule has 45 heavy (non-hydrogen) atoms. The van der Waals surface area contributed by atoms with E-state index < -0.39 is 48.3 Å². The Morgan fingerprint density at radius 2 is 1.62 bits per heavy atom. The molecule has 0 bridgehead atoms. The molecule has 0 saturated carbocycles. The summed E-state index contributed by atoms with van der Waals surface area (Å²) >= 11 is 0. The lowest BCUT2D eigenvalue weighted by molar-refractivity contribution is -0.179. The number of benzene rings is 4. The van der Waals surface area contributed by atoms with Crippen molar-refractivity contribution in [2.24, 2.45) is 5.92 Å². The quantitative estimate of drug-likeness (QED) is 0.179. The van der Waals surface area contributed by atoms with Crippen LogP contribution >= 0.6 is 0 Å². The highest BCUT2D eigenvalue weighted by atomic mass is 19.1. The molecule has 0 spiro atoms. The second-order valence-corrected chi connectivity index (χ2v) is 11.4. The summed E-state index contributed by atoms with van der Waals surface area (Å²) in [6.45, 7) is -0.473. The average molecular weight is 616 g/mol. The Balaban J connectivity index is 1.24. The minimum Gasteiger partial charge on any atom is -0.508 e. The van der Waals surface area contributed by atoms with Crippen molar-refractivity contribution in [2.75, 3.05) is 18.1 Å². The van der Waals surface area contributed by atoms with Crippen molar-refractivity contribution in [3.05, 3.63) is 114 Å². The van der Waals surface area contributed by atoms with Crippen molar-refractivity contribution in [2.45, 2.75) is 43.0 Å². The molecule has 4 aromatic carbocycles. The summed E-state index contributed by atoms with van der Waals surface area (Å²) in [6.07, 6.45) is -4.60. The van der Waals surface area contributed by atoms with Crippen LogP contribution in [0.1, 0.15) is 29.7 Å². The Morgan fingerprint density at radius 1 is 0.933 bits per heavy atom. The summed E-state index contributed by atoms with van der Waals surface area (Å²) in [5.74, 6) is -1.35. The maximum Gasteiger partial charge on any atom is 0.235 e. The normalized spacial score (nSPS) is 25.4. The number of amides is 1.